The Morgan fingerprint density at radius 3 is 2.65 bits per heavy atom. The largest absolute Gasteiger partial charge is 0.352 e. The summed E-state index contributed by atoms with van der Waals surface area (Å²) in [7, 11) is 0. The third kappa shape index (κ3) is 6.47. The van der Waals surface area contributed by atoms with Gasteiger partial charge in [0, 0.05) is 43.9 Å². The number of aromatic nitrogens is 2. The fraction of sp³-hybridized carbons (Fsp3) is 0.409. The highest BCUT2D eigenvalue weighted by Gasteiger charge is 2.15. The molecule has 1 aliphatic rings. The van der Waals surface area contributed by atoms with E-state index in [1.165, 1.54) is 10.8 Å². The lowest BCUT2D eigenvalue weighted by Crippen LogP contribution is -2.38. The predicted octanol–water partition coefficient (Wildman–Crippen LogP) is -0.0275. The number of pyridine rings is 1. The fourth-order valence-electron chi connectivity index (χ4n) is 3.31. The van der Waals surface area contributed by atoms with Crippen LogP contribution >= 0.6 is 23.1 Å². The van der Waals surface area contributed by atoms with Crippen LogP contribution in [0.25, 0.3) is 11.8 Å². The average Bonchev–Trinajstić information content (AvgIpc) is 3.14. The first-order valence-electron chi connectivity index (χ1n) is 10.9. The number of rotatable bonds is 8. The maximum atomic E-state index is 12.8. The molecular weight excluding hydrogens is 474 g/mol. The summed E-state index contributed by atoms with van der Waals surface area (Å²) in [5.41, 5.74) is -0.406. The van der Waals surface area contributed by atoms with Gasteiger partial charge >= 0.3 is 0 Å². The van der Waals surface area contributed by atoms with Crippen LogP contribution in [0, 0.1) is 11.3 Å². The molecule has 1 saturated heterocycles. The van der Waals surface area contributed by atoms with Crippen LogP contribution in [0.2, 0.25) is 0 Å². The fourth-order valence-corrected chi connectivity index (χ4v) is 5.37. The monoisotopic (exact) mass is 501 g/mol. The van der Waals surface area contributed by atoms with E-state index in [1.807, 2.05) is 17.8 Å². The predicted molar refractivity (Wildman–Crippen MR) is 136 cm³/mol. The average molecular weight is 502 g/mol. The summed E-state index contributed by atoms with van der Waals surface area (Å²) in [6.45, 7) is 6.34. The zero-order chi connectivity index (χ0) is 24.5. The molecule has 3 N–H and O–H groups in total. The van der Waals surface area contributed by atoms with Gasteiger partial charge in [-0.25, -0.2) is 4.98 Å². The number of hydrogen-bond donors (Lipinski definition) is 3. The molecule has 2 aromatic heterocycles. The molecule has 3 rings (SSSR count). The van der Waals surface area contributed by atoms with Crippen LogP contribution < -0.4 is 30.7 Å². The summed E-state index contributed by atoms with van der Waals surface area (Å²) in [5, 5.41) is 17.9. The third-order valence-corrected chi connectivity index (χ3v) is 7.03. The van der Waals surface area contributed by atoms with Gasteiger partial charge in [-0.05, 0) is 26.0 Å². The number of nitrogens with zero attached hydrogens (tertiary/aromatic N) is 4. The van der Waals surface area contributed by atoms with E-state index in [0.29, 0.717) is 40.5 Å². The van der Waals surface area contributed by atoms with E-state index < -0.39 is 5.91 Å². The molecule has 0 atom stereocenters. The Kier molecular flexibility index (Phi) is 9.26. The van der Waals surface area contributed by atoms with E-state index in [9.17, 15) is 19.6 Å². The number of carbonyl (C=O) groups is 2. The van der Waals surface area contributed by atoms with E-state index in [4.69, 9.17) is 0 Å². The molecule has 10 nitrogen and oxygen atoms in total. The highest BCUT2D eigenvalue weighted by molar-refractivity contribution is 7.99. The molecule has 0 spiro atoms. The molecule has 12 heteroatoms. The molecule has 2 amide bonds. The van der Waals surface area contributed by atoms with E-state index >= 15 is 0 Å². The second kappa shape index (κ2) is 12.4. The molecule has 3 heterocycles. The van der Waals surface area contributed by atoms with Gasteiger partial charge in [-0.1, -0.05) is 6.07 Å². The minimum atomic E-state index is -0.513. The van der Waals surface area contributed by atoms with E-state index in [-0.39, 0.29) is 17.0 Å². The first kappa shape index (κ1) is 25.5. The molecule has 34 heavy (non-hydrogen) atoms. The molecule has 0 aliphatic carbocycles. The minimum Gasteiger partial charge on any atom is -0.352 e. The van der Waals surface area contributed by atoms with Gasteiger partial charge in [-0.15, -0.1) is 11.3 Å². The second-order valence-electron chi connectivity index (χ2n) is 7.30. The Morgan fingerprint density at radius 2 is 1.97 bits per heavy atom. The quantitative estimate of drug-likeness (QED) is 0.460. The Balaban J connectivity index is 1.80. The van der Waals surface area contributed by atoms with Crippen molar-refractivity contribution in [2.24, 2.45) is 0 Å². The van der Waals surface area contributed by atoms with Crippen molar-refractivity contribution in [2.45, 2.75) is 20.4 Å². The molecule has 1 aliphatic heterocycles. The van der Waals surface area contributed by atoms with Crippen molar-refractivity contribution in [2.75, 3.05) is 48.3 Å². The van der Waals surface area contributed by atoms with Gasteiger partial charge in [-0.2, -0.15) is 17.0 Å². The van der Waals surface area contributed by atoms with Crippen LogP contribution in [0.5, 0.6) is 0 Å². The smallest absolute Gasteiger partial charge is 0.270 e. The van der Waals surface area contributed by atoms with Gasteiger partial charge in [0.15, 0.2) is 5.57 Å². The first-order chi connectivity index (χ1) is 16.5. The normalized spacial score (nSPS) is 15.4. The molecule has 0 radical (unpaired) electrons. The van der Waals surface area contributed by atoms with E-state index in [2.05, 4.69) is 25.8 Å². The van der Waals surface area contributed by atoms with Crippen LogP contribution in [-0.2, 0) is 16.1 Å². The summed E-state index contributed by atoms with van der Waals surface area (Å²) >= 11 is 2.95. The molecule has 0 bridgehead atoms. The Morgan fingerprint density at radius 1 is 1.24 bits per heavy atom. The standard InChI is InChI=1S/C22H27N7O3S2/c1-3-24-20(31)15(12-23)22-29(4-2)21(32)16(34-22)13-25-17-6-5-7-18(26-17)27-19(30)14-28-8-10-33-11-9-28/h5-7,13H,3-4,8-11,14H2,1-2H3,(H,24,31)(H2,25,26,27,30)/b16-13+,22-15-. The lowest BCUT2D eigenvalue weighted by Gasteiger charge is -2.25. The Hall–Kier alpha value is -3.14. The first-order valence-corrected chi connectivity index (χ1v) is 12.9. The van der Waals surface area contributed by atoms with Gasteiger partial charge in [0.25, 0.3) is 11.5 Å². The van der Waals surface area contributed by atoms with Crippen LogP contribution in [0.3, 0.4) is 0 Å². The number of carbonyl (C=O) groups excluding carboxylic acids is 2. The number of nitrogens with one attached hydrogen (secondary N) is 3. The number of thioether (sulfide) groups is 1. The minimum absolute atomic E-state index is 0.0967. The lowest BCUT2D eigenvalue weighted by atomic mass is 10.3. The highest BCUT2D eigenvalue weighted by Crippen LogP contribution is 2.11. The maximum absolute atomic E-state index is 12.8. The van der Waals surface area contributed by atoms with Crippen molar-refractivity contribution in [3.05, 3.63) is 37.7 Å². The zero-order valence-corrected chi connectivity index (χ0v) is 20.7. The number of amides is 2. The van der Waals surface area contributed by atoms with Crippen LogP contribution in [0.4, 0.5) is 11.6 Å². The van der Waals surface area contributed by atoms with Gasteiger partial charge < -0.3 is 16.0 Å². The SMILES string of the molecule is CCNC(=O)/C(C#N)=c1\s/c(=C/Nc2cccc(NC(=O)CN3CCSCC3)n2)c(=O)n1CC. The summed E-state index contributed by atoms with van der Waals surface area (Å²) in [4.78, 5) is 43.9. The number of anilines is 2. The summed E-state index contributed by atoms with van der Waals surface area (Å²) in [6.07, 6.45) is 1.49. The lowest BCUT2D eigenvalue weighted by molar-refractivity contribution is -0.117. The van der Waals surface area contributed by atoms with Crippen LogP contribution in [0.1, 0.15) is 13.8 Å². The van der Waals surface area contributed by atoms with Crippen LogP contribution in [0.15, 0.2) is 23.0 Å². The number of thiazole rings is 1. The van der Waals surface area contributed by atoms with Crippen molar-refractivity contribution in [1.29, 1.82) is 5.26 Å². The molecule has 0 unspecified atom stereocenters. The summed E-state index contributed by atoms with van der Waals surface area (Å²) in [5.74, 6) is 2.27. The van der Waals surface area contributed by atoms with Crippen molar-refractivity contribution in [3.8, 4) is 6.07 Å². The maximum Gasteiger partial charge on any atom is 0.270 e. The van der Waals surface area contributed by atoms with Crippen molar-refractivity contribution < 1.29 is 9.59 Å². The number of hydrogen-bond acceptors (Lipinski definition) is 9. The molecule has 0 aromatic carbocycles. The number of nitriles is 1. The van der Waals surface area contributed by atoms with E-state index in [1.54, 1.807) is 32.0 Å². The van der Waals surface area contributed by atoms with E-state index in [0.717, 1.165) is 35.9 Å². The topological polar surface area (TPSA) is 132 Å². The van der Waals surface area contributed by atoms with Crippen molar-refractivity contribution in [1.82, 2.24) is 19.8 Å². The van der Waals surface area contributed by atoms with Gasteiger partial charge in [-0.3, -0.25) is 23.9 Å². The van der Waals surface area contributed by atoms with Gasteiger partial charge in [0.05, 0.1) is 6.54 Å². The molecule has 0 saturated carbocycles. The van der Waals surface area contributed by atoms with Gasteiger partial charge in [0.2, 0.25) is 5.91 Å². The van der Waals surface area contributed by atoms with Crippen LogP contribution in [-0.4, -0.2) is 64.0 Å². The van der Waals surface area contributed by atoms with Crippen molar-refractivity contribution >= 4 is 58.3 Å². The molecular formula is C22H27N7O3S2. The summed E-state index contributed by atoms with van der Waals surface area (Å²) in [6, 6.07) is 7.07. The Bertz CT molecular complexity index is 1260. The summed E-state index contributed by atoms with van der Waals surface area (Å²) < 4.78 is 2.03. The molecule has 1 fully saturated rings. The highest BCUT2D eigenvalue weighted by atomic mass is 32.2. The zero-order valence-electron chi connectivity index (χ0n) is 19.1. The Labute approximate surface area is 205 Å². The second-order valence-corrected chi connectivity index (χ2v) is 9.56. The molecule has 2 aromatic rings. The third-order valence-electron chi connectivity index (χ3n) is 4.95. The van der Waals surface area contributed by atoms with Gasteiger partial charge in [0.1, 0.15) is 26.9 Å². The molecule has 180 valence electrons. The van der Waals surface area contributed by atoms with Crippen molar-refractivity contribution in [3.63, 3.8) is 0 Å².